The Morgan fingerprint density at radius 1 is 0.262 bits per heavy atom. The van der Waals surface area contributed by atoms with Crippen molar-refractivity contribution in [3.05, 3.63) is 231 Å². The highest BCUT2D eigenvalue weighted by Crippen LogP contribution is 2.41. The van der Waals surface area contributed by atoms with E-state index in [0.717, 1.165) is 54.7 Å². The third kappa shape index (κ3) is 7.22. The minimum absolute atomic E-state index is 0.715. The first-order valence-corrected chi connectivity index (χ1v) is 21.4. The molecule has 0 fully saturated rings. The van der Waals surface area contributed by atoms with E-state index in [1.54, 1.807) is 11.3 Å². The molecule has 2 heterocycles. The monoisotopic (exact) mass is 794 g/mol. The van der Waals surface area contributed by atoms with Crippen LogP contribution in [-0.2, 0) is 0 Å². The molecule has 0 saturated heterocycles. The fourth-order valence-electron chi connectivity index (χ4n) is 8.33. The van der Waals surface area contributed by atoms with Crippen molar-refractivity contribution in [1.29, 1.82) is 0 Å². The molecule has 3 heteroatoms. The second-order valence-corrected chi connectivity index (χ2v) is 16.4. The summed E-state index contributed by atoms with van der Waals surface area (Å²) < 4.78 is 2.30. The van der Waals surface area contributed by atoms with Crippen molar-refractivity contribution in [2.45, 2.75) is 0 Å². The summed E-state index contributed by atoms with van der Waals surface area (Å²) in [6, 6.07) is 82.4. The average Bonchev–Trinajstić information content (AvgIpc) is 3.73. The number of aromatic nitrogens is 2. The molecule has 0 spiro atoms. The van der Waals surface area contributed by atoms with Crippen molar-refractivity contribution in [1.82, 2.24) is 9.97 Å². The van der Waals surface area contributed by atoms with Gasteiger partial charge < -0.3 is 0 Å². The standard InChI is InChI=1S/C58H38N2S/c1-3-13-39(14-4-1)41-27-31-43(32-28-41)45-17-9-19-47(35-45)49-21-11-23-51(37-49)55-57-56(53-25-7-8-26-54(53)61-57)60-58(59-55)52-24-12-22-50(38-52)48-20-10-18-46(36-48)44-33-29-42(30-34-44)40-15-5-2-6-16-40/h1-38H. The van der Waals surface area contributed by atoms with Crippen LogP contribution >= 0.6 is 11.3 Å². The van der Waals surface area contributed by atoms with E-state index >= 15 is 0 Å². The summed E-state index contributed by atoms with van der Waals surface area (Å²) in [6.45, 7) is 0. The Labute approximate surface area is 359 Å². The first-order valence-electron chi connectivity index (χ1n) is 20.6. The Balaban J connectivity index is 0.949. The molecule has 11 rings (SSSR count). The fraction of sp³-hybridized carbons (Fsp3) is 0. The summed E-state index contributed by atoms with van der Waals surface area (Å²) in [7, 11) is 0. The molecule has 0 bridgehead atoms. The van der Waals surface area contributed by atoms with Gasteiger partial charge in [-0.25, -0.2) is 9.97 Å². The molecule has 0 amide bonds. The van der Waals surface area contributed by atoms with Gasteiger partial charge in [0.25, 0.3) is 0 Å². The summed E-state index contributed by atoms with van der Waals surface area (Å²) in [6.07, 6.45) is 0. The smallest absolute Gasteiger partial charge is 0.160 e. The number of rotatable bonds is 8. The number of hydrogen-bond donors (Lipinski definition) is 0. The lowest BCUT2D eigenvalue weighted by molar-refractivity contribution is 1.24. The van der Waals surface area contributed by atoms with E-state index in [1.807, 2.05) is 0 Å². The van der Waals surface area contributed by atoms with Gasteiger partial charge in [0.15, 0.2) is 5.82 Å². The lowest BCUT2D eigenvalue weighted by Crippen LogP contribution is -1.94. The van der Waals surface area contributed by atoms with Crippen LogP contribution < -0.4 is 0 Å². The van der Waals surface area contributed by atoms with E-state index in [0.29, 0.717) is 5.82 Å². The lowest BCUT2D eigenvalue weighted by atomic mass is 9.96. The summed E-state index contributed by atoms with van der Waals surface area (Å²) >= 11 is 1.76. The Morgan fingerprint density at radius 2 is 0.607 bits per heavy atom. The largest absolute Gasteiger partial charge is 0.226 e. The molecule has 0 unspecified atom stereocenters. The molecular formula is C58H38N2S. The number of thiophene rings is 1. The number of fused-ring (bicyclic) bond motifs is 3. The topological polar surface area (TPSA) is 25.8 Å². The van der Waals surface area contributed by atoms with E-state index in [1.165, 1.54) is 49.2 Å². The number of benzene rings is 9. The van der Waals surface area contributed by atoms with Crippen LogP contribution in [0.3, 0.4) is 0 Å². The zero-order valence-corrected chi connectivity index (χ0v) is 34.1. The Hall–Kier alpha value is -7.72. The molecule has 11 aromatic rings. The second-order valence-electron chi connectivity index (χ2n) is 15.4. The highest BCUT2D eigenvalue weighted by molar-refractivity contribution is 7.26. The zero-order chi connectivity index (χ0) is 40.5. The highest BCUT2D eigenvalue weighted by atomic mass is 32.1. The summed E-state index contributed by atoms with van der Waals surface area (Å²) in [5, 5.41) is 1.15. The van der Waals surface area contributed by atoms with Crippen molar-refractivity contribution in [2.24, 2.45) is 0 Å². The van der Waals surface area contributed by atoms with Gasteiger partial charge in [0, 0.05) is 21.2 Å². The molecule has 61 heavy (non-hydrogen) atoms. The van der Waals surface area contributed by atoms with Crippen LogP contribution in [0.15, 0.2) is 231 Å². The van der Waals surface area contributed by atoms with E-state index in [4.69, 9.17) is 9.97 Å². The van der Waals surface area contributed by atoms with E-state index < -0.39 is 0 Å². The van der Waals surface area contributed by atoms with Crippen molar-refractivity contribution in [3.8, 4) is 89.4 Å². The van der Waals surface area contributed by atoms with Crippen molar-refractivity contribution in [3.63, 3.8) is 0 Å². The lowest BCUT2D eigenvalue weighted by Gasteiger charge is -2.11. The van der Waals surface area contributed by atoms with Crippen LogP contribution in [0.4, 0.5) is 0 Å². The average molecular weight is 795 g/mol. The Morgan fingerprint density at radius 3 is 1.11 bits per heavy atom. The first kappa shape index (κ1) is 36.4. The Bertz CT molecular complexity index is 3330. The van der Waals surface area contributed by atoms with Gasteiger partial charge in [-0.2, -0.15) is 0 Å². The van der Waals surface area contributed by atoms with Gasteiger partial charge in [0.05, 0.1) is 15.9 Å². The van der Waals surface area contributed by atoms with E-state index in [9.17, 15) is 0 Å². The maximum absolute atomic E-state index is 5.40. The predicted molar refractivity (Wildman–Crippen MR) is 258 cm³/mol. The molecule has 0 radical (unpaired) electrons. The molecule has 0 saturated carbocycles. The maximum Gasteiger partial charge on any atom is 0.160 e. The quantitative estimate of drug-likeness (QED) is 0.153. The van der Waals surface area contributed by atoms with Crippen LogP contribution in [0.25, 0.3) is 110 Å². The summed E-state index contributed by atoms with van der Waals surface area (Å²) in [5.74, 6) is 0.715. The number of nitrogens with zero attached hydrogens (tertiary/aromatic N) is 2. The third-order valence-corrected chi connectivity index (χ3v) is 12.7. The third-order valence-electron chi connectivity index (χ3n) is 11.5. The van der Waals surface area contributed by atoms with Gasteiger partial charge in [0.1, 0.15) is 0 Å². The van der Waals surface area contributed by atoms with Crippen molar-refractivity contribution in [2.75, 3.05) is 0 Å². The molecule has 0 aliphatic carbocycles. The predicted octanol–water partition coefficient (Wildman–Crippen LogP) is 16.2. The molecule has 0 atom stereocenters. The first-order chi connectivity index (χ1) is 30.2. The van der Waals surface area contributed by atoms with Gasteiger partial charge >= 0.3 is 0 Å². The van der Waals surface area contributed by atoms with Gasteiger partial charge in [-0.05, 0) is 97.1 Å². The van der Waals surface area contributed by atoms with Crippen LogP contribution in [0, 0.1) is 0 Å². The molecular weight excluding hydrogens is 757 g/mol. The molecule has 9 aromatic carbocycles. The Kier molecular flexibility index (Phi) is 9.42. The van der Waals surface area contributed by atoms with Gasteiger partial charge in [-0.15, -0.1) is 11.3 Å². The van der Waals surface area contributed by atoms with Crippen molar-refractivity contribution < 1.29 is 0 Å². The summed E-state index contributed by atoms with van der Waals surface area (Å²) in [4.78, 5) is 10.7. The minimum Gasteiger partial charge on any atom is -0.226 e. The minimum atomic E-state index is 0.715. The van der Waals surface area contributed by atoms with Gasteiger partial charge in [-0.1, -0.05) is 200 Å². The molecule has 0 aliphatic rings. The highest BCUT2D eigenvalue weighted by Gasteiger charge is 2.18. The normalized spacial score (nSPS) is 11.3. The van der Waals surface area contributed by atoms with Crippen LogP contribution in [-0.4, -0.2) is 9.97 Å². The maximum atomic E-state index is 5.40. The van der Waals surface area contributed by atoms with Crippen LogP contribution in [0.2, 0.25) is 0 Å². The molecule has 0 aliphatic heterocycles. The second kappa shape index (κ2) is 15.8. The fourth-order valence-corrected chi connectivity index (χ4v) is 9.48. The number of hydrogen-bond acceptors (Lipinski definition) is 3. The summed E-state index contributed by atoms with van der Waals surface area (Å²) in [5.41, 5.74) is 18.2. The zero-order valence-electron chi connectivity index (χ0n) is 33.2. The van der Waals surface area contributed by atoms with Crippen molar-refractivity contribution >= 4 is 31.6 Å². The molecule has 286 valence electrons. The molecule has 2 nitrogen and oxygen atoms in total. The van der Waals surface area contributed by atoms with E-state index in [-0.39, 0.29) is 0 Å². The van der Waals surface area contributed by atoms with Gasteiger partial charge in [-0.3, -0.25) is 0 Å². The van der Waals surface area contributed by atoms with Gasteiger partial charge in [0.2, 0.25) is 0 Å². The van der Waals surface area contributed by atoms with E-state index in [2.05, 4.69) is 231 Å². The molecule has 2 aromatic heterocycles. The SMILES string of the molecule is c1ccc(-c2ccc(-c3cccc(-c4cccc(-c5nc(-c6cccc(-c7cccc(-c8ccc(-c9ccccc9)cc8)c7)c6)c6sc7ccccc7c6n5)c4)c3)cc2)cc1. The van der Waals surface area contributed by atoms with Crippen LogP contribution in [0.5, 0.6) is 0 Å². The van der Waals surface area contributed by atoms with Crippen LogP contribution in [0.1, 0.15) is 0 Å². The molecule has 0 N–H and O–H groups in total.